The van der Waals surface area contributed by atoms with E-state index in [1.54, 1.807) is 23.5 Å². The first-order valence-corrected chi connectivity index (χ1v) is 8.22. The fraction of sp³-hybridized carbons (Fsp3) is 0.375. The van der Waals surface area contributed by atoms with Crippen molar-refractivity contribution in [3.05, 3.63) is 57.0 Å². The monoisotopic (exact) mass is 311 g/mol. The Balaban J connectivity index is 2.11. The Labute approximate surface area is 128 Å². The predicted molar refractivity (Wildman–Crippen MR) is 85.1 cm³/mol. The number of benzene rings is 1. The molecular formula is C16H19ClFNS. The van der Waals surface area contributed by atoms with E-state index >= 15 is 0 Å². The third kappa shape index (κ3) is 4.30. The SMILES string of the molecule is CCCNC(CCc1ccsc1)c1cc(Cl)ccc1F. The van der Waals surface area contributed by atoms with Gasteiger partial charge in [-0.2, -0.15) is 11.3 Å². The lowest BCUT2D eigenvalue weighted by molar-refractivity contribution is 0.474. The topological polar surface area (TPSA) is 12.0 Å². The van der Waals surface area contributed by atoms with Crippen molar-refractivity contribution in [3.8, 4) is 0 Å². The van der Waals surface area contributed by atoms with E-state index in [1.807, 2.05) is 0 Å². The minimum Gasteiger partial charge on any atom is -0.310 e. The number of thiophene rings is 1. The molecule has 1 nitrogen and oxygen atoms in total. The van der Waals surface area contributed by atoms with Gasteiger partial charge in [0.1, 0.15) is 5.82 Å². The minimum absolute atomic E-state index is 0.00792. The van der Waals surface area contributed by atoms with Gasteiger partial charge in [0.15, 0.2) is 0 Å². The van der Waals surface area contributed by atoms with Gasteiger partial charge < -0.3 is 5.32 Å². The number of rotatable bonds is 7. The maximum absolute atomic E-state index is 14.0. The highest BCUT2D eigenvalue weighted by atomic mass is 35.5. The van der Waals surface area contributed by atoms with Crippen LogP contribution in [-0.4, -0.2) is 6.54 Å². The molecule has 2 rings (SSSR count). The van der Waals surface area contributed by atoms with E-state index < -0.39 is 0 Å². The summed E-state index contributed by atoms with van der Waals surface area (Å²) in [6.45, 7) is 2.98. The molecule has 0 amide bonds. The third-order valence-corrected chi connectivity index (χ3v) is 4.24. The molecular weight excluding hydrogens is 293 g/mol. The van der Waals surface area contributed by atoms with Crippen molar-refractivity contribution in [2.24, 2.45) is 0 Å². The van der Waals surface area contributed by atoms with Crippen molar-refractivity contribution < 1.29 is 4.39 Å². The maximum atomic E-state index is 14.0. The Bertz CT molecular complexity index is 527. The van der Waals surface area contributed by atoms with E-state index in [2.05, 4.69) is 29.1 Å². The molecule has 0 saturated heterocycles. The molecule has 1 atom stereocenters. The van der Waals surface area contributed by atoms with Crippen molar-refractivity contribution >= 4 is 22.9 Å². The molecule has 0 aliphatic carbocycles. The third-order valence-electron chi connectivity index (χ3n) is 3.28. The molecule has 1 heterocycles. The molecule has 2 aromatic rings. The van der Waals surface area contributed by atoms with Crippen LogP contribution in [0.1, 0.15) is 36.9 Å². The van der Waals surface area contributed by atoms with Crippen LogP contribution >= 0.6 is 22.9 Å². The van der Waals surface area contributed by atoms with Gasteiger partial charge in [-0.3, -0.25) is 0 Å². The molecule has 20 heavy (non-hydrogen) atoms. The summed E-state index contributed by atoms with van der Waals surface area (Å²) < 4.78 is 14.0. The summed E-state index contributed by atoms with van der Waals surface area (Å²) in [4.78, 5) is 0. The second-order valence-electron chi connectivity index (χ2n) is 4.84. The Kier molecular flexibility index (Phi) is 6.02. The second kappa shape index (κ2) is 7.77. The summed E-state index contributed by atoms with van der Waals surface area (Å²) in [5.74, 6) is -0.187. The molecule has 0 saturated carbocycles. The highest BCUT2D eigenvalue weighted by Crippen LogP contribution is 2.25. The van der Waals surface area contributed by atoms with E-state index in [-0.39, 0.29) is 11.9 Å². The van der Waals surface area contributed by atoms with Gasteiger partial charge in [-0.05, 0) is 66.4 Å². The summed E-state index contributed by atoms with van der Waals surface area (Å²) in [6, 6.07) is 6.90. The van der Waals surface area contributed by atoms with E-state index in [0.29, 0.717) is 10.6 Å². The van der Waals surface area contributed by atoms with Crippen LogP contribution in [0, 0.1) is 5.82 Å². The van der Waals surface area contributed by atoms with Crippen LogP contribution in [0.2, 0.25) is 5.02 Å². The van der Waals surface area contributed by atoms with Gasteiger partial charge in [0.2, 0.25) is 0 Å². The largest absolute Gasteiger partial charge is 0.310 e. The zero-order chi connectivity index (χ0) is 14.4. The van der Waals surface area contributed by atoms with Gasteiger partial charge in [-0.15, -0.1) is 0 Å². The molecule has 1 aromatic heterocycles. The molecule has 108 valence electrons. The van der Waals surface area contributed by atoms with Gasteiger partial charge in [0.05, 0.1) is 0 Å². The quantitative estimate of drug-likeness (QED) is 0.739. The van der Waals surface area contributed by atoms with Crippen LogP contribution in [0.3, 0.4) is 0 Å². The number of hydrogen-bond donors (Lipinski definition) is 1. The van der Waals surface area contributed by atoms with Crippen molar-refractivity contribution in [1.29, 1.82) is 0 Å². The Morgan fingerprint density at radius 2 is 2.20 bits per heavy atom. The summed E-state index contributed by atoms with van der Waals surface area (Å²) in [7, 11) is 0. The fourth-order valence-corrected chi connectivity index (χ4v) is 3.10. The van der Waals surface area contributed by atoms with Crippen molar-refractivity contribution in [2.75, 3.05) is 6.54 Å². The van der Waals surface area contributed by atoms with E-state index in [1.165, 1.54) is 11.6 Å². The first kappa shape index (κ1) is 15.5. The number of halogens is 2. The van der Waals surface area contributed by atoms with Crippen molar-refractivity contribution in [3.63, 3.8) is 0 Å². The standard InChI is InChI=1S/C16H19ClFNS/c1-2-8-19-16(6-3-12-7-9-20-11-12)14-10-13(17)4-5-15(14)18/h4-5,7,9-11,16,19H,2-3,6,8H2,1H3. The van der Waals surface area contributed by atoms with Crippen LogP contribution in [0.4, 0.5) is 4.39 Å². The Morgan fingerprint density at radius 1 is 1.35 bits per heavy atom. The lowest BCUT2D eigenvalue weighted by Crippen LogP contribution is -2.23. The normalized spacial score (nSPS) is 12.6. The number of hydrogen-bond acceptors (Lipinski definition) is 2. The lowest BCUT2D eigenvalue weighted by atomic mass is 9.99. The van der Waals surface area contributed by atoms with Crippen LogP contribution < -0.4 is 5.32 Å². The Morgan fingerprint density at radius 3 is 2.90 bits per heavy atom. The van der Waals surface area contributed by atoms with E-state index in [4.69, 9.17) is 11.6 Å². The minimum atomic E-state index is -0.187. The van der Waals surface area contributed by atoms with Gasteiger partial charge in [0.25, 0.3) is 0 Å². The van der Waals surface area contributed by atoms with Crippen molar-refractivity contribution in [1.82, 2.24) is 5.32 Å². The average molecular weight is 312 g/mol. The van der Waals surface area contributed by atoms with Crippen molar-refractivity contribution in [2.45, 2.75) is 32.2 Å². The Hall–Kier alpha value is -0.900. The zero-order valence-electron chi connectivity index (χ0n) is 11.5. The van der Waals surface area contributed by atoms with Gasteiger partial charge in [-0.25, -0.2) is 4.39 Å². The summed E-state index contributed by atoms with van der Waals surface area (Å²) in [6.07, 6.45) is 2.84. The van der Waals surface area contributed by atoms with Gasteiger partial charge >= 0.3 is 0 Å². The van der Waals surface area contributed by atoms with E-state index in [9.17, 15) is 4.39 Å². The molecule has 1 unspecified atom stereocenters. The fourth-order valence-electron chi connectivity index (χ4n) is 2.21. The summed E-state index contributed by atoms with van der Waals surface area (Å²) >= 11 is 7.70. The molecule has 1 aromatic carbocycles. The highest BCUT2D eigenvalue weighted by molar-refractivity contribution is 7.07. The number of aryl methyl sites for hydroxylation is 1. The molecule has 0 spiro atoms. The smallest absolute Gasteiger partial charge is 0.128 e. The maximum Gasteiger partial charge on any atom is 0.128 e. The predicted octanol–water partition coefficient (Wildman–Crippen LogP) is 5.21. The zero-order valence-corrected chi connectivity index (χ0v) is 13.1. The molecule has 0 radical (unpaired) electrons. The first-order chi connectivity index (χ1) is 9.70. The van der Waals surface area contributed by atoms with E-state index in [0.717, 1.165) is 25.8 Å². The first-order valence-electron chi connectivity index (χ1n) is 6.90. The van der Waals surface area contributed by atoms with Crippen LogP contribution in [0.15, 0.2) is 35.0 Å². The van der Waals surface area contributed by atoms with Crippen LogP contribution in [0.25, 0.3) is 0 Å². The average Bonchev–Trinajstić information content (AvgIpc) is 2.95. The van der Waals surface area contributed by atoms with Gasteiger partial charge in [0, 0.05) is 16.6 Å². The second-order valence-corrected chi connectivity index (χ2v) is 6.06. The summed E-state index contributed by atoms with van der Waals surface area (Å²) in [5, 5.41) is 8.22. The molecule has 0 aliphatic heterocycles. The summed E-state index contributed by atoms with van der Waals surface area (Å²) in [5.41, 5.74) is 1.97. The highest BCUT2D eigenvalue weighted by Gasteiger charge is 2.15. The molecule has 0 bridgehead atoms. The molecule has 1 N–H and O–H groups in total. The molecule has 0 fully saturated rings. The van der Waals surface area contributed by atoms with Crippen LogP contribution in [0.5, 0.6) is 0 Å². The van der Waals surface area contributed by atoms with Gasteiger partial charge in [-0.1, -0.05) is 18.5 Å². The van der Waals surface area contributed by atoms with Crippen LogP contribution in [-0.2, 0) is 6.42 Å². The number of nitrogens with one attached hydrogen (secondary N) is 1. The lowest BCUT2D eigenvalue weighted by Gasteiger charge is -2.19. The molecule has 0 aliphatic rings. The molecule has 4 heteroatoms.